The van der Waals surface area contributed by atoms with Gasteiger partial charge in [-0.25, -0.2) is 14.4 Å². The first kappa shape index (κ1) is 23.6. The van der Waals surface area contributed by atoms with Crippen LogP contribution in [0.2, 0.25) is 0 Å². The first-order valence-electron chi connectivity index (χ1n) is 10.9. The number of aromatic nitrogens is 4. The maximum Gasteiger partial charge on any atom is 0.228 e. The summed E-state index contributed by atoms with van der Waals surface area (Å²) in [7, 11) is 1.92. The van der Waals surface area contributed by atoms with Gasteiger partial charge < -0.3 is 15.2 Å². The summed E-state index contributed by atoms with van der Waals surface area (Å²) in [6.07, 6.45) is 8.40. The van der Waals surface area contributed by atoms with Crippen molar-refractivity contribution in [1.82, 2.24) is 19.5 Å². The topological polar surface area (TPSA) is 109 Å². The number of pyridine rings is 1. The fraction of sp³-hybridized carbons (Fsp3) is 0.192. The first-order chi connectivity index (χ1) is 16.7. The molecular formula is C26H24FN7O. The van der Waals surface area contributed by atoms with E-state index in [1.165, 1.54) is 12.3 Å². The third kappa shape index (κ3) is 5.68. The van der Waals surface area contributed by atoms with Gasteiger partial charge in [-0.15, -0.1) is 0 Å². The molecule has 0 spiro atoms. The summed E-state index contributed by atoms with van der Waals surface area (Å²) in [5.74, 6) is -0.425. The number of aryl methyl sites for hydroxylation is 1. The zero-order chi connectivity index (χ0) is 25.0. The van der Waals surface area contributed by atoms with Crippen molar-refractivity contribution in [2.45, 2.75) is 25.7 Å². The van der Waals surface area contributed by atoms with E-state index in [0.29, 0.717) is 28.5 Å². The van der Waals surface area contributed by atoms with E-state index in [4.69, 9.17) is 0 Å². The zero-order valence-corrected chi connectivity index (χ0v) is 19.6. The van der Waals surface area contributed by atoms with Crippen molar-refractivity contribution in [3.8, 4) is 17.2 Å². The Labute approximate surface area is 202 Å². The minimum atomic E-state index is -0.725. The van der Waals surface area contributed by atoms with Crippen LogP contribution in [0.4, 0.5) is 21.7 Å². The van der Waals surface area contributed by atoms with Gasteiger partial charge in [-0.2, -0.15) is 5.26 Å². The van der Waals surface area contributed by atoms with Crippen molar-refractivity contribution >= 4 is 23.2 Å². The van der Waals surface area contributed by atoms with Gasteiger partial charge in [0.15, 0.2) is 0 Å². The molecule has 0 aliphatic carbocycles. The second kappa shape index (κ2) is 9.73. The maximum atomic E-state index is 14.7. The number of anilines is 3. The van der Waals surface area contributed by atoms with E-state index in [1.54, 1.807) is 50.5 Å². The maximum absolute atomic E-state index is 14.7. The molecule has 0 fully saturated rings. The first-order valence-corrected chi connectivity index (χ1v) is 10.9. The minimum absolute atomic E-state index is 0.131. The molecule has 3 aromatic heterocycles. The number of amides is 1. The van der Waals surface area contributed by atoms with Crippen LogP contribution in [0.1, 0.15) is 25.1 Å². The van der Waals surface area contributed by atoms with Crippen LogP contribution < -0.4 is 10.6 Å². The van der Waals surface area contributed by atoms with Gasteiger partial charge in [-0.3, -0.25) is 9.78 Å². The molecule has 0 radical (unpaired) electrons. The lowest BCUT2D eigenvalue weighted by Crippen LogP contribution is -2.18. The largest absolute Gasteiger partial charge is 0.355 e. The summed E-state index contributed by atoms with van der Waals surface area (Å²) in [6.45, 7) is 3.53. The third-order valence-electron chi connectivity index (χ3n) is 5.44. The second-order valence-corrected chi connectivity index (χ2v) is 8.69. The molecule has 2 N–H and O–H groups in total. The standard InChI is InChI=1S/C26H24FN7O/c1-26(2,16-28)23-7-6-20(14-29-23)32-24(35)11-18-5-4-17(10-22(18)27)19-12-30-25(31-13-19)33-21-8-9-34(3)15-21/h4-10,12-15H,11H2,1-3H3,(H,32,35)(H,30,31,33). The number of hydrogen-bond acceptors (Lipinski definition) is 6. The Balaban J connectivity index is 1.39. The molecule has 0 aliphatic rings. The van der Waals surface area contributed by atoms with E-state index in [0.717, 1.165) is 5.69 Å². The summed E-state index contributed by atoms with van der Waals surface area (Å²) >= 11 is 0. The molecule has 8 nitrogen and oxygen atoms in total. The van der Waals surface area contributed by atoms with Crippen molar-refractivity contribution in [3.63, 3.8) is 0 Å². The van der Waals surface area contributed by atoms with Gasteiger partial charge in [0.2, 0.25) is 11.9 Å². The highest BCUT2D eigenvalue weighted by atomic mass is 19.1. The van der Waals surface area contributed by atoms with Gasteiger partial charge in [0.05, 0.1) is 41.2 Å². The van der Waals surface area contributed by atoms with Gasteiger partial charge in [-0.1, -0.05) is 12.1 Å². The fourth-order valence-corrected chi connectivity index (χ4v) is 3.39. The van der Waals surface area contributed by atoms with E-state index in [1.807, 2.05) is 30.1 Å². The van der Waals surface area contributed by atoms with Crippen molar-refractivity contribution in [1.29, 1.82) is 5.26 Å². The zero-order valence-electron chi connectivity index (χ0n) is 19.6. The monoisotopic (exact) mass is 469 g/mol. The normalized spacial score (nSPS) is 11.1. The Bertz CT molecular complexity index is 1390. The molecule has 9 heteroatoms. The van der Waals surface area contributed by atoms with E-state index in [9.17, 15) is 14.4 Å². The number of nitriles is 1. The van der Waals surface area contributed by atoms with Gasteiger partial charge in [0.25, 0.3) is 0 Å². The average Bonchev–Trinajstić information content (AvgIpc) is 3.25. The molecule has 0 unspecified atom stereocenters. The van der Waals surface area contributed by atoms with Crippen LogP contribution in [0, 0.1) is 17.1 Å². The minimum Gasteiger partial charge on any atom is -0.355 e. The predicted octanol–water partition coefficient (Wildman–Crippen LogP) is 4.74. The number of carbonyl (C=O) groups is 1. The lowest BCUT2D eigenvalue weighted by atomic mass is 9.91. The number of nitrogens with zero attached hydrogens (tertiary/aromatic N) is 5. The summed E-state index contributed by atoms with van der Waals surface area (Å²) in [5.41, 5.74) is 2.76. The Kier molecular flexibility index (Phi) is 6.55. The predicted molar refractivity (Wildman–Crippen MR) is 131 cm³/mol. The van der Waals surface area contributed by atoms with Gasteiger partial charge in [0.1, 0.15) is 5.82 Å². The van der Waals surface area contributed by atoms with Crippen LogP contribution in [0.25, 0.3) is 11.1 Å². The van der Waals surface area contributed by atoms with Crippen LogP contribution in [-0.2, 0) is 23.7 Å². The number of nitrogens with one attached hydrogen (secondary N) is 2. The second-order valence-electron chi connectivity index (χ2n) is 8.69. The number of rotatable bonds is 7. The Morgan fingerprint density at radius 3 is 2.43 bits per heavy atom. The van der Waals surface area contributed by atoms with Crippen LogP contribution >= 0.6 is 0 Å². The van der Waals surface area contributed by atoms with E-state index >= 15 is 0 Å². The van der Waals surface area contributed by atoms with Gasteiger partial charge in [0, 0.05) is 37.4 Å². The number of carbonyl (C=O) groups excluding carboxylic acids is 1. The summed E-state index contributed by atoms with van der Waals surface area (Å²) in [4.78, 5) is 25.3. The lowest BCUT2D eigenvalue weighted by molar-refractivity contribution is -0.115. The van der Waals surface area contributed by atoms with Crippen LogP contribution in [0.3, 0.4) is 0 Å². The molecule has 0 aliphatic heterocycles. The van der Waals surface area contributed by atoms with E-state index in [-0.39, 0.29) is 17.9 Å². The van der Waals surface area contributed by atoms with Crippen molar-refractivity contribution in [3.05, 3.63) is 84.5 Å². The highest BCUT2D eigenvalue weighted by Crippen LogP contribution is 2.23. The highest BCUT2D eigenvalue weighted by molar-refractivity contribution is 5.92. The van der Waals surface area contributed by atoms with Gasteiger partial charge >= 0.3 is 0 Å². The fourth-order valence-electron chi connectivity index (χ4n) is 3.39. The molecule has 1 amide bonds. The molecule has 0 saturated heterocycles. The van der Waals surface area contributed by atoms with Crippen molar-refractivity contribution < 1.29 is 9.18 Å². The molecule has 0 atom stereocenters. The SMILES string of the molecule is Cn1ccc(Nc2ncc(-c3ccc(CC(=O)Nc4ccc(C(C)(C)C#N)nc4)c(F)c3)cn2)c1. The number of hydrogen-bond donors (Lipinski definition) is 2. The average molecular weight is 470 g/mol. The lowest BCUT2D eigenvalue weighted by Gasteiger charge is -2.14. The summed E-state index contributed by atoms with van der Waals surface area (Å²) in [6, 6.07) is 12.1. The van der Waals surface area contributed by atoms with Crippen LogP contribution in [0.5, 0.6) is 0 Å². The Morgan fingerprint density at radius 2 is 1.83 bits per heavy atom. The third-order valence-corrected chi connectivity index (χ3v) is 5.44. The smallest absolute Gasteiger partial charge is 0.228 e. The summed E-state index contributed by atoms with van der Waals surface area (Å²) in [5, 5.41) is 15.0. The van der Waals surface area contributed by atoms with Crippen molar-refractivity contribution in [2.75, 3.05) is 10.6 Å². The molecule has 35 heavy (non-hydrogen) atoms. The van der Waals surface area contributed by atoms with Gasteiger partial charge in [-0.05, 0) is 49.2 Å². The number of halogens is 1. The Morgan fingerprint density at radius 1 is 1.06 bits per heavy atom. The molecule has 176 valence electrons. The summed E-state index contributed by atoms with van der Waals surface area (Å²) < 4.78 is 16.7. The van der Waals surface area contributed by atoms with Crippen molar-refractivity contribution in [2.24, 2.45) is 7.05 Å². The van der Waals surface area contributed by atoms with E-state index in [2.05, 4.69) is 31.7 Å². The Hall–Kier alpha value is -4.58. The molecule has 3 heterocycles. The molecular weight excluding hydrogens is 445 g/mol. The molecule has 1 aromatic carbocycles. The number of benzene rings is 1. The van der Waals surface area contributed by atoms with Crippen LogP contribution in [-0.4, -0.2) is 25.4 Å². The molecule has 0 saturated carbocycles. The highest BCUT2D eigenvalue weighted by Gasteiger charge is 2.21. The van der Waals surface area contributed by atoms with E-state index < -0.39 is 11.2 Å². The molecule has 4 aromatic rings. The molecule has 0 bridgehead atoms. The quantitative estimate of drug-likeness (QED) is 0.405. The molecule has 4 rings (SSSR count). The van der Waals surface area contributed by atoms with Crippen LogP contribution in [0.15, 0.2) is 67.4 Å².